The Morgan fingerprint density at radius 1 is 1.00 bits per heavy atom. The van der Waals surface area contributed by atoms with Crippen LogP contribution >= 0.6 is 11.3 Å². The van der Waals surface area contributed by atoms with Gasteiger partial charge in [-0.15, -0.1) is 16.4 Å². The second-order valence-corrected chi connectivity index (χ2v) is 8.03. The lowest BCUT2D eigenvalue weighted by atomic mass is 10.1. The Labute approximate surface area is 183 Å². The number of benzene rings is 2. The van der Waals surface area contributed by atoms with E-state index >= 15 is 0 Å². The van der Waals surface area contributed by atoms with Crippen molar-refractivity contribution in [3.05, 3.63) is 82.5 Å². The van der Waals surface area contributed by atoms with E-state index in [1.807, 2.05) is 74.5 Å². The topological polar surface area (TPSA) is 86.1 Å². The zero-order valence-electron chi connectivity index (χ0n) is 17.2. The Morgan fingerprint density at radius 2 is 1.65 bits per heavy atom. The number of ether oxygens (including phenoxy) is 1. The van der Waals surface area contributed by atoms with Gasteiger partial charge in [0.1, 0.15) is 5.00 Å². The number of methoxy groups -OCH3 is 1. The summed E-state index contributed by atoms with van der Waals surface area (Å²) in [6.07, 6.45) is 0. The van der Waals surface area contributed by atoms with Crippen LogP contribution in [-0.4, -0.2) is 33.8 Å². The van der Waals surface area contributed by atoms with E-state index in [9.17, 15) is 9.59 Å². The van der Waals surface area contributed by atoms with Crippen LogP contribution in [0.5, 0.6) is 0 Å². The molecule has 7 nitrogen and oxygen atoms in total. The van der Waals surface area contributed by atoms with Gasteiger partial charge in [-0.25, -0.2) is 14.5 Å². The number of amides is 1. The van der Waals surface area contributed by atoms with Gasteiger partial charge in [0.05, 0.1) is 18.4 Å². The highest BCUT2D eigenvalue weighted by Gasteiger charge is 2.24. The molecule has 2 aromatic carbocycles. The molecule has 0 fully saturated rings. The number of esters is 1. The lowest BCUT2D eigenvalue weighted by Crippen LogP contribution is -2.16. The van der Waals surface area contributed by atoms with Gasteiger partial charge in [0.15, 0.2) is 5.82 Å². The van der Waals surface area contributed by atoms with Crippen molar-refractivity contribution < 1.29 is 14.3 Å². The van der Waals surface area contributed by atoms with Crippen LogP contribution in [0.1, 0.15) is 31.4 Å². The van der Waals surface area contributed by atoms with Crippen molar-refractivity contribution in [1.82, 2.24) is 14.8 Å². The lowest BCUT2D eigenvalue weighted by molar-refractivity contribution is 0.0601. The number of thiophene rings is 1. The number of nitrogens with one attached hydrogen (secondary N) is 1. The van der Waals surface area contributed by atoms with Crippen molar-refractivity contribution in [3.8, 4) is 17.1 Å². The SMILES string of the molecule is COC(=O)c1c(NC(=O)c2nc(-c3ccccc3)n(-c3ccccc3)n2)sc(C)c1C. The molecular weight excluding hydrogens is 412 g/mol. The number of rotatable bonds is 5. The molecule has 0 radical (unpaired) electrons. The summed E-state index contributed by atoms with van der Waals surface area (Å²) >= 11 is 1.32. The van der Waals surface area contributed by atoms with Crippen molar-refractivity contribution in [2.24, 2.45) is 0 Å². The predicted molar refractivity (Wildman–Crippen MR) is 120 cm³/mol. The molecule has 4 aromatic rings. The Kier molecular flexibility index (Phi) is 5.64. The fourth-order valence-electron chi connectivity index (χ4n) is 3.15. The molecule has 0 aliphatic rings. The number of anilines is 1. The summed E-state index contributed by atoms with van der Waals surface area (Å²) in [4.78, 5) is 30.7. The monoisotopic (exact) mass is 432 g/mol. The van der Waals surface area contributed by atoms with Gasteiger partial charge in [-0.05, 0) is 31.5 Å². The van der Waals surface area contributed by atoms with E-state index in [1.54, 1.807) is 4.68 Å². The molecule has 0 bridgehead atoms. The molecule has 0 atom stereocenters. The van der Waals surface area contributed by atoms with E-state index in [-0.39, 0.29) is 5.82 Å². The molecule has 0 aliphatic carbocycles. The molecule has 0 aliphatic heterocycles. The third-order valence-electron chi connectivity index (χ3n) is 4.84. The van der Waals surface area contributed by atoms with E-state index in [1.165, 1.54) is 18.4 Å². The third-order valence-corrected chi connectivity index (χ3v) is 5.97. The quantitative estimate of drug-likeness (QED) is 0.464. The first-order valence-corrected chi connectivity index (χ1v) is 10.4. The summed E-state index contributed by atoms with van der Waals surface area (Å²) in [6.45, 7) is 3.71. The molecule has 31 heavy (non-hydrogen) atoms. The molecule has 1 amide bonds. The number of para-hydroxylation sites is 1. The molecule has 4 rings (SSSR count). The van der Waals surface area contributed by atoms with Crippen LogP contribution in [0.4, 0.5) is 5.00 Å². The van der Waals surface area contributed by atoms with Crippen LogP contribution in [0, 0.1) is 13.8 Å². The van der Waals surface area contributed by atoms with E-state index < -0.39 is 11.9 Å². The number of hydrogen-bond acceptors (Lipinski definition) is 6. The highest BCUT2D eigenvalue weighted by atomic mass is 32.1. The summed E-state index contributed by atoms with van der Waals surface area (Å²) < 4.78 is 6.51. The summed E-state index contributed by atoms with van der Waals surface area (Å²) in [7, 11) is 1.32. The van der Waals surface area contributed by atoms with Gasteiger partial charge in [0.25, 0.3) is 5.91 Å². The van der Waals surface area contributed by atoms with Crippen molar-refractivity contribution in [2.75, 3.05) is 12.4 Å². The highest BCUT2D eigenvalue weighted by Crippen LogP contribution is 2.33. The minimum atomic E-state index is -0.502. The van der Waals surface area contributed by atoms with Crippen LogP contribution in [0.3, 0.4) is 0 Å². The minimum absolute atomic E-state index is 0.00206. The number of carbonyl (C=O) groups excluding carboxylic acids is 2. The van der Waals surface area contributed by atoms with Crippen LogP contribution in [-0.2, 0) is 4.74 Å². The highest BCUT2D eigenvalue weighted by molar-refractivity contribution is 7.16. The maximum absolute atomic E-state index is 13.0. The normalized spacial score (nSPS) is 10.7. The number of aryl methyl sites for hydroxylation is 1. The first-order valence-electron chi connectivity index (χ1n) is 9.57. The molecule has 2 aromatic heterocycles. The first-order chi connectivity index (χ1) is 15.0. The largest absolute Gasteiger partial charge is 0.465 e. The summed E-state index contributed by atoms with van der Waals surface area (Å²) in [5.41, 5.74) is 2.74. The Morgan fingerprint density at radius 3 is 2.29 bits per heavy atom. The second-order valence-electron chi connectivity index (χ2n) is 6.81. The maximum Gasteiger partial charge on any atom is 0.341 e. The van der Waals surface area contributed by atoms with Crippen molar-refractivity contribution in [3.63, 3.8) is 0 Å². The minimum Gasteiger partial charge on any atom is -0.465 e. The average Bonchev–Trinajstić information content (AvgIpc) is 3.36. The number of nitrogens with zero attached hydrogens (tertiary/aromatic N) is 3. The van der Waals surface area contributed by atoms with Gasteiger partial charge < -0.3 is 10.1 Å². The zero-order valence-corrected chi connectivity index (χ0v) is 18.1. The fourth-order valence-corrected chi connectivity index (χ4v) is 4.20. The van der Waals surface area contributed by atoms with Crippen molar-refractivity contribution >= 4 is 28.2 Å². The number of carbonyl (C=O) groups is 2. The zero-order chi connectivity index (χ0) is 22.0. The maximum atomic E-state index is 13.0. The first kappa shape index (κ1) is 20.5. The van der Waals surface area contributed by atoms with Crippen LogP contribution in [0.15, 0.2) is 60.7 Å². The average molecular weight is 433 g/mol. The van der Waals surface area contributed by atoms with Crippen molar-refractivity contribution in [1.29, 1.82) is 0 Å². The summed E-state index contributed by atoms with van der Waals surface area (Å²) in [5, 5.41) is 7.67. The third kappa shape index (κ3) is 3.97. The van der Waals surface area contributed by atoms with E-state index in [2.05, 4.69) is 15.4 Å². The molecule has 2 heterocycles. The molecular formula is C23H20N4O3S. The standard InChI is InChI=1S/C23H20N4O3S/c1-14-15(2)31-22(18(14)23(29)30-3)25-21(28)19-24-20(16-10-6-4-7-11-16)27(26-19)17-12-8-5-9-13-17/h4-13H,1-3H3,(H,25,28). The molecule has 1 N–H and O–H groups in total. The molecule has 0 saturated carbocycles. The predicted octanol–water partition coefficient (Wildman–Crippen LogP) is 4.65. The Hall–Kier alpha value is -3.78. The number of aromatic nitrogens is 3. The van der Waals surface area contributed by atoms with Gasteiger partial charge in [0.2, 0.25) is 5.82 Å². The Balaban J connectivity index is 1.74. The second kappa shape index (κ2) is 8.53. The van der Waals surface area contributed by atoms with Gasteiger partial charge in [-0.1, -0.05) is 48.5 Å². The smallest absolute Gasteiger partial charge is 0.341 e. The van der Waals surface area contributed by atoms with E-state index in [4.69, 9.17) is 4.74 Å². The van der Waals surface area contributed by atoms with Crippen LogP contribution < -0.4 is 5.32 Å². The fraction of sp³-hybridized carbons (Fsp3) is 0.130. The van der Waals surface area contributed by atoms with Crippen LogP contribution in [0.25, 0.3) is 17.1 Å². The lowest BCUT2D eigenvalue weighted by Gasteiger charge is -2.05. The van der Waals surface area contributed by atoms with Crippen molar-refractivity contribution in [2.45, 2.75) is 13.8 Å². The molecule has 8 heteroatoms. The van der Waals surface area contributed by atoms with Gasteiger partial charge >= 0.3 is 5.97 Å². The van der Waals surface area contributed by atoms with Gasteiger partial charge in [-0.3, -0.25) is 4.79 Å². The van der Waals surface area contributed by atoms with E-state index in [0.717, 1.165) is 21.7 Å². The van der Waals surface area contributed by atoms with Gasteiger partial charge in [0, 0.05) is 10.4 Å². The molecule has 0 unspecified atom stereocenters. The number of hydrogen-bond donors (Lipinski definition) is 1. The van der Waals surface area contributed by atoms with Crippen LogP contribution in [0.2, 0.25) is 0 Å². The molecule has 156 valence electrons. The summed E-state index contributed by atoms with van der Waals surface area (Å²) in [6, 6.07) is 19.0. The molecule has 0 saturated heterocycles. The summed E-state index contributed by atoms with van der Waals surface area (Å²) in [5.74, 6) is -0.450. The van der Waals surface area contributed by atoms with E-state index in [0.29, 0.717) is 16.4 Å². The molecule has 0 spiro atoms. The Bertz CT molecular complexity index is 1190. The van der Waals surface area contributed by atoms with Gasteiger partial charge in [-0.2, -0.15) is 0 Å².